The van der Waals surface area contributed by atoms with Gasteiger partial charge in [-0.3, -0.25) is 14.5 Å². The number of carbonyl (C=O) groups excluding carboxylic acids is 1. The maximum atomic E-state index is 14.9. The number of piperidine rings is 1. The highest BCUT2D eigenvalue weighted by molar-refractivity contribution is 7.22. The van der Waals surface area contributed by atoms with Gasteiger partial charge in [-0.15, -0.1) is 8.78 Å². The Morgan fingerprint density at radius 2 is 2.00 bits per heavy atom. The maximum absolute atomic E-state index is 14.9. The quantitative estimate of drug-likeness (QED) is 0.339. The Hall–Kier alpha value is -3.27. The third-order valence-corrected chi connectivity index (χ3v) is 7.55. The molecule has 5 rings (SSSR count). The van der Waals surface area contributed by atoms with E-state index in [4.69, 9.17) is 0 Å². The number of nitrogens with zero attached hydrogens (tertiary/aromatic N) is 2. The Kier molecular flexibility index (Phi) is 6.57. The number of rotatable bonds is 6. The molecule has 0 unspecified atom stereocenters. The summed E-state index contributed by atoms with van der Waals surface area (Å²) in [6.07, 6.45) is -4.70. The number of H-pyrrole nitrogens is 1. The second-order valence-electron chi connectivity index (χ2n) is 9.09. The summed E-state index contributed by atoms with van der Waals surface area (Å²) in [6, 6.07) is 2.89. The summed E-state index contributed by atoms with van der Waals surface area (Å²) in [6.45, 7) is 0.494. The van der Waals surface area contributed by atoms with E-state index in [0.717, 1.165) is 23.6 Å². The van der Waals surface area contributed by atoms with Crippen LogP contribution in [0.5, 0.6) is 11.5 Å². The van der Waals surface area contributed by atoms with Crippen LogP contribution in [0.15, 0.2) is 29.2 Å². The fourth-order valence-corrected chi connectivity index (χ4v) is 5.37. The van der Waals surface area contributed by atoms with Gasteiger partial charge in [-0.2, -0.15) is 0 Å². The normalized spacial score (nSPS) is 21.8. The lowest BCUT2D eigenvalue weighted by Gasteiger charge is -2.40. The second kappa shape index (κ2) is 9.48. The SMILES string of the molecule is C[C@@H](C(=O)Nc1nc2cc3c(cc2s1)OC(F)(F)O3)N1CCC(F)(F)[C@@H](c2c[nH]c(=O)c([C@H](O)CO)c2)C1. The Balaban J connectivity index is 1.31. The number of nitrogens with one attached hydrogen (secondary N) is 2. The van der Waals surface area contributed by atoms with Crippen LogP contribution in [-0.4, -0.2) is 68.9 Å². The Labute approximate surface area is 215 Å². The van der Waals surface area contributed by atoms with E-state index in [-0.39, 0.29) is 40.8 Å². The molecule has 38 heavy (non-hydrogen) atoms. The highest BCUT2D eigenvalue weighted by atomic mass is 32.1. The first-order valence-electron chi connectivity index (χ1n) is 11.5. The number of aliphatic hydroxyl groups excluding tert-OH is 2. The van der Waals surface area contributed by atoms with Crippen molar-refractivity contribution in [1.29, 1.82) is 0 Å². The molecule has 3 aromatic rings. The average Bonchev–Trinajstić information content (AvgIpc) is 3.38. The van der Waals surface area contributed by atoms with Crippen LogP contribution in [0, 0.1) is 0 Å². The van der Waals surface area contributed by atoms with Crippen molar-refractivity contribution in [2.24, 2.45) is 0 Å². The molecule has 2 aliphatic heterocycles. The number of benzene rings is 1. The number of ether oxygens (including phenoxy) is 2. The van der Waals surface area contributed by atoms with Crippen molar-refractivity contribution in [3.05, 3.63) is 45.9 Å². The zero-order chi connectivity index (χ0) is 27.4. The number of likely N-dealkylation sites (tertiary alicyclic amines) is 1. The summed E-state index contributed by atoms with van der Waals surface area (Å²) in [7, 11) is 0. The fraction of sp³-hybridized carbons (Fsp3) is 0.435. The third-order valence-electron chi connectivity index (χ3n) is 6.62. The molecule has 0 saturated carbocycles. The van der Waals surface area contributed by atoms with Gasteiger partial charge in [-0.1, -0.05) is 11.3 Å². The highest BCUT2D eigenvalue weighted by Crippen LogP contribution is 2.45. The lowest BCUT2D eigenvalue weighted by molar-refractivity contribution is -0.286. The van der Waals surface area contributed by atoms with Crippen LogP contribution in [0.1, 0.15) is 36.5 Å². The van der Waals surface area contributed by atoms with E-state index in [1.165, 1.54) is 12.1 Å². The summed E-state index contributed by atoms with van der Waals surface area (Å²) < 4.78 is 65.7. The van der Waals surface area contributed by atoms with Gasteiger partial charge in [0.25, 0.3) is 11.5 Å². The number of hydrogen-bond donors (Lipinski definition) is 4. The molecular formula is C23H22F4N4O6S. The standard InChI is InChI=1S/C23H22F4N4O6S/c1-10(19(34)30-21-29-14-5-16-17(6-18(14)38-21)37-23(26,27)36-16)31-3-2-22(24,25)13(8-31)11-4-12(15(33)9-32)20(35)28-7-11/h4-7,10,13,15,32-33H,2-3,8-9H2,1H3,(H,28,35)(H,29,30,34)/t10-,13+,15+/m0/s1. The van der Waals surface area contributed by atoms with E-state index in [1.807, 2.05) is 0 Å². The number of aliphatic hydroxyl groups is 2. The van der Waals surface area contributed by atoms with Crippen molar-refractivity contribution in [3.63, 3.8) is 0 Å². The molecule has 0 bridgehead atoms. The van der Waals surface area contributed by atoms with E-state index in [9.17, 15) is 37.4 Å². The van der Waals surface area contributed by atoms with Crippen molar-refractivity contribution < 1.29 is 42.0 Å². The van der Waals surface area contributed by atoms with Gasteiger partial charge in [0.1, 0.15) is 6.10 Å². The van der Waals surface area contributed by atoms with Crippen LogP contribution in [-0.2, 0) is 4.79 Å². The summed E-state index contributed by atoms with van der Waals surface area (Å²) in [5, 5.41) is 21.8. The number of alkyl halides is 4. The van der Waals surface area contributed by atoms with Gasteiger partial charge in [0, 0.05) is 43.4 Å². The van der Waals surface area contributed by atoms with E-state index in [0.29, 0.717) is 10.2 Å². The summed E-state index contributed by atoms with van der Waals surface area (Å²) in [5.41, 5.74) is -0.574. The highest BCUT2D eigenvalue weighted by Gasteiger charge is 2.47. The molecule has 4 heterocycles. The average molecular weight is 559 g/mol. The second-order valence-corrected chi connectivity index (χ2v) is 10.1. The van der Waals surface area contributed by atoms with Crippen molar-refractivity contribution in [2.75, 3.05) is 25.0 Å². The minimum Gasteiger partial charge on any atom is -0.395 e. The number of halogens is 4. The topological polar surface area (TPSA) is 137 Å². The summed E-state index contributed by atoms with van der Waals surface area (Å²) in [4.78, 5) is 33.1. The zero-order valence-electron chi connectivity index (χ0n) is 19.7. The van der Waals surface area contributed by atoms with Crippen molar-refractivity contribution in [1.82, 2.24) is 14.9 Å². The van der Waals surface area contributed by atoms with E-state index < -0.39 is 54.8 Å². The van der Waals surface area contributed by atoms with E-state index in [2.05, 4.69) is 24.8 Å². The van der Waals surface area contributed by atoms with Crippen LogP contribution in [0.2, 0.25) is 0 Å². The Morgan fingerprint density at radius 1 is 1.29 bits per heavy atom. The van der Waals surface area contributed by atoms with Crippen molar-refractivity contribution in [2.45, 2.75) is 43.6 Å². The molecule has 0 aliphatic carbocycles. The van der Waals surface area contributed by atoms with Crippen molar-refractivity contribution in [3.8, 4) is 11.5 Å². The largest absolute Gasteiger partial charge is 0.586 e. The lowest BCUT2D eigenvalue weighted by Crippen LogP contribution is -2.52. The lowest BCUT2D eigenvalue weighted by atomic mass is 9.86. The summed E-state index contributed by atoms with van der Waals surface area (Å²) >= 11 is 1.02. The summed E-state index contributed by atoms with van der Waals surface area (Å²) in [5.74, 6) is -5.40. The zero-order valence-corrected chi connectivity index (χ0v) is 20.5. The Bertz CT molecular complexity index is 1400. The molecule has 1 fully saturated rings. The minimum atomic E-state index is -3.77. The molecule has 1 aromatic carbocycles. The van der Waals surface area contributed by atoms with Gasteiger partial charge in [-0.25, -0.2) is 13.8 Å². The number of amides is 1. The van der Waals surface area contributed by atoms with Crippen LogP contribution >= 0.6 is 11.3 Å². The first-order valence-corrected chi connectivity index (χ1v) is 12.3. The smallest absolute Gasteiger partial charge is 0.395 e. The first kappa shape index (κ1) is 26.3. The number of fused-ring (bicyclic) bond motifs is 2. The van der Waals surface area contributed by atoms with Gasteiger partial charge < -0.3 is 30.0 Å². The van der Waals surface area contributed by atoms with Crippen LogP contribution < -0.4 is 20.3 Å². The monoisotopic (exact) mass is 558 g/mol. The molecule has 0 spiro atoms. The molecular weight excluding hydrogens is 536 g/mol. The van der Waals surface area contributed by atoms with E-state index in [1.54, 1.807) is 11.8 Å². The van der Waals surface area contributed by atoms with Crippen LogP contribution in [0.3, 0.4) is 0 Å². The van der Waals surface area contributed by atoms with Gasteiger partial charge in [-0.05, 0) is 18.6 Å². The van der Waals surface area contributed by atoms with Crippen LogP contribution in [0.4, 0.5) is 22.7 Å². The predicted molar refractivity (Wildman–Crippen MR) is 127 cm³/mol. The molecule has 1 saturated heterocycles. The number of thiazole rings is 1. The molecule has 15 heteroatoms. The first-order chi connectivity index (χ1) is 17.9. The number of hydrogen-bond acceptors (Lipinski definition) is 9. The molecule has 2 aliphatic rings. The third kappa shape index (κ3) is 4.93. The van der Waals surface area contributed by atoms with E-state index >= 15 is 0 Å². The molecule has 3 atom stereocenters. The minimum absolute atomic E-state index is 0.0589. The fourth-order valence-electron chi connectivity index (χ4n) is 4.49. The van der Waals surface area contributed by atoms with Gasteiger partial charge >= 0.3 is 6.29 Å². The number of carbonyl (C=O) groups is 1. The Morgan fingerprint density at radius 3 is 2.71 bits per heavy atom. The molecule has 204 valence electrons. The van der Waals surface area contributed by atoms with Gasteiger partial charge in [0.2, 0.25) is 5.91 Å². The number of aromatic nitrogens is 2. The van der Waals surface area contributed by atoms with Crippen molar-refractivity contribution >= 4 is 32.6 Å². The van der Waals surface area contributed by atoms with Gasteiger partial charge in [0.15, 0.2) is 16.6 Å². The van der Waals surface area contributed by atoms with Gasteiger partial charge in [0.05, 0.1) is 28.8 Å². The van der Waals surface area contributed by atoms with Crippen LogP contribution in [0.25, 0.3) is 10.2 Å². The molecule has 10 nitrogen and oxygen atoms in total. The number of pyridine rings is 1. The molecule has 2 aromatic heterocycles. The molecule has 0 radical (unpaired) electrons. The predicted octanol–water partition coefficient (Wildman–Crippen LogP) is 2.78. The maximum Gasteiger partial charge on any atom is 0.586 e. The number of aromatic amines is 1. The molecule has 4 N–H and O–H groups in total. The molecule has 1 amide bonds. The number of anilines is 1.